The van der Waals surface area contributed by atoms with Crippen LogP contribution in [0.25, 0.3) is 0 Å². The molecule has 0 bridgehead atoms. The molecule has 0 heterocycles. The van der Waals surface area contributed by atoms with Gasteiger partial charge in [-0.05, 0) is 37.6 Å². The van der Waals surface area contributed by atoms with Gasteiger partial charge in [0.25, 0.3) is 5.91 Å². The topological polar surface area (TPSA) is 64.3 Å². The van der Waals surface area contributed by atoms with Crippen molar-refractivity contribution >= 4 is 11.6 Å². The summed E-state index contributed by atoms with van der Waals surface area (Å²) in [5.74, 6) is 0.347. The summed E-state index contributed by atoms with van der Waals surface area (Å²) in [6, 6.07) is 12.9. The predicted molar refractivity (Wildman–Crippen MR) is 84.7 cm³/mol. The second-order valence-electron chi connectivity index (χ2n) is 5.03. The molecule has 2 aromatic carbocycles. The van der Waals surface area contributed by atoms with E-state index in [1.165, 1.54) is 0 Å². The van der Waals surface area contributed by atoms with E-state index < -0.39 is 0 Å². The largest absolute Gasteiger partial charge is 0.496 e. The number of anilines is 1. The molecule has 4 nitrogen and oxygen atoms in total. The maximum atomic E-state index is 12.5. The molecule has 2 aromatic rings. The molecule has 0 saturated heterocycles. The lowest BCUT2D eigenvalue weighted by atomic mass is 10.1. The van der Waals surface area contributed by atoms with E-state index in [2.05, 4.69) is 5.32 Å². The van der Waals surface area contributed by atoms with E-state index in [-0.39, 0.29) is 11.9 Å². The number of nitrogens with one attached hydrogen (secondary N) is 1. The number of aryl methyl sites for hydroxylation is 1. The van der Waals surface area contributed by atoms with Crippen molar-refractivity contribution in [3.63, 3.8) is 0 Å². The molecule has 0 radical (unpaired) electrons. The number of rotatable bonds is 4. The van der Waals surface area contributed by atoms with Crippen LogP contribution in [0.5, 0.6) is 5.75 Å². The van der Waals surface area contributed by atoms with Crippen LogP contribution in [0.15, 0.2) is 42.5 Å². The normalized spacial score (nSPS) is 11.8. The fourth-order valence-electron chi connectivity index (χ4n) is 2.20. The average Bonchev–Trinajstić information content (AvgIpc) is 2.47. The standard InChI is InChI=1S/C17H20N2O2/c1-11-8-9-16(21-3)14(10-11)17(20)19-15-7-5-4-6-13(15)12(2)18/h4-10,12H,18H2,1-3H3,(H,19,20). The van der Waals surface area contributed by atoms with Crippen LogP contribution in [-0.4, -0.2) is 13.0 Å². The Morgan fingerprint density at radius 2 is 1.95 bits per heavy atom. The number of amides is 1. The fourth-order valence-corrected chi connectivity index (χ4v) is 2.20. The minimum atomic E-state index is -0.205. The Morgan fingerprint density at radius 3 is 2.62 bits per heavy atom. The molecule has 0 aliphatic carbocycles. The van der Waals surface area contributed by atoms with Crippen molar-refractivity contribution in [2.24, 2.45) is 5.73 Å². The molecule has 21 heavy (non-hydrogen) atoms. The molecule has 3 N–H and O–H groups in total. The van der Waals surface area contributed by atoms with Crippen molar-refractivity contribution in [1.29, 1.82) is 0 Å². The van der Waals surface area contributed by atoms with Gasteiger partial charge in [-0.15, -0.1) is 0 Å². The summed E-state index contributed by atoms with van der Waals surface area (Å²) in [5.41, 5.74) is 9.07. The number of benzene rings is 2. The zero-order valence-corrected chi connectivity index (χ0v) is 12.5. The molecule has 0 spiro atoms. The van der Waals surface area contributed by atoms with Crippen molar-refractivity contribution in [2.75, 3.05) is 12.4 Å². The lowest BCUT2D eigenvalue weighted by Crippen LogP contribution is -2.16. The monoisotopic (exact) mass is 284 g/mol. The zero-order chi connectivity index (χ0) is 15.4. The summed E-state index contributed by atoms with van der Waals surface area (Å²) >= 11 is 0. The molecule has 4 heteroatoms. The highest BCUT2D eigenvalue weighted by atomic mass is 16.5. The van der Waals surface area contributed by atoms with Gasteiger partial charge in [-0.25, -0.2) is 0 Å². The number of hydrogen-bond acceptors (Lipinski definition) is 3. The molecule has 0 saturated carbocycles. The van der Waals surface area contributed by atoms with Crippen molar-refractivity contribution < 1.29 is 9.53 Å². The van der Waals surface area contributed by atoms with Gasteiger partial charge in [0.1, 0.15) is 5.75 Å². The maximum absolute atomic E-state index is 12.5. The van der Waals surface area contributed by atoms with Crippen LogP contribution in [0.2, 0.25) is 0 Å². The third-order valence-electron chi connectivity index (χ3n) is 3.30. The third kappa shape index (κ3) is 3.41. The van der Waals surface area contributed by atoms with Gasteiger partial charge in [-0.1, -0.05) is 29.8 Å². The number of ether oxygens (including phenoxy) is 1. The fraction of sp³-hybridized carbons (Fsp3) is 0.235. The number of carbonyl (C=O) groups excluding carboxylic acids is 1. The minimum absolute atomic E-state index is 0.152. The first-order valence-electron chi connectivity index (χ1n) is 6.83. The van der Waals surface area contributed by atoms with Crippen LogP contribution < -0.4 is 15.8 Å². The third-order valence-corrected chi connectivity index (χ3v) is 3.30. The second kappa shape index (κ2) is 6.41. The number of nitrogens with two attached hydrogens (primary N) is 1. The van der Waals surface area contributed by atoms with Crippen molar-refractivity contribution in [3.05, 3.63) is 59.2 Å². The smallest absolute Gasteiger partial charge is 0.259 e. The van der Waals surface area contributed by atoms with E-state index in [4.69, 9.17) is 10.5 Å². The Balaban J connectivity index is 2.33. The van der Waals surface area contributed by atoms with E-state index in [0.717, 1.165) is 16.8 Å². The summed E-state index contributed by atoms with van der Waals surface area (Å²) in [6.45, 7) is 3.82. The Hall–Kier alpha value is -2.33. The lowest BCUT2D eigenvalue weighted by Gasteiger charge is -2.15. The first kappa shape index (κ1) is 15.1. The summed E-state index contributed by atoms with van der Waals surface area (Å²) in [4.78, 5) is 12.5. The van der Waals surface area contributed by atoms with Gasteiger partial charge >= 0.3 is 0 Å². The number of hydrogen-bond donors (Lipinski definition) is 2. The van der Waals surface area contributed by atoms with E-state index in [9.17, 15) is 4.79 Å². The lowest BCUT2D eigenvalue weighted by molar-refractivity contribution is 0.102. The van der Waals surface area contributed by atoms with Gasteiger partial charge in [0.15, 0.2) is 0 Å². The molecule has 0 aliphatic rings. The van der Waals surface area contributed by atoms with Crippen LogP contribution in [0.3, 0.4) is 0 Å². The van der Waals surface area contributed by atoms with Crippen LogP contribution in [0, 0.1) is 6.92 Å². The average molecular weight is 284 g/mol. The number of carbonyl (C=O) groups is 1. The minimum Gasteiger partial charge on any atom is -0.496 e. The van der Waals surface area contributed by atoms with E-state index >= 15 is 0 Å². The molecule has 1 amide bonds. The Bertz CT molecular complexity index is 651. The van der Waals surface area contributed by atoms with Gasteiger partial charge in [0, 0.05) is 11.7 Å². The predicted octanol–water partition coefficient (Wildman–Crippen LogP) is 3.28. The summed E-state index contributed by atoms with van der Waals surface area (Å²) in [5, 5.41) is 2.91. The van der Waals surface area contributed by atoms with Crippen molar-refractivity contribution in [2.45, 2.75) is 19.9 Å². The van der Waals surface area contributed by atoms with Crippen LogP contribution in [0.4, 0.5) is 5.69 Å². The summed E-state index contributed by atoms with van der Waals surface area (Å²) in [7, 11) is 1.55. The van der Waals surface area contributed by atoms with Gasteiger partial charge in [-0.2, -0.15) is 0 Å². The molecule has 1 unspecified atom stereocenters. The Kier molecular flexibility index (Phi) is 4.60. The van der Waals surface area contributed by atoms with Gasteiger partial charge in [0.2, 0.25) is 0 Å². The highest BCUT2D eigenvalue weighted by Gasteiger charge is 2.15. The van der Waals surface area contributed by atoms with Gasteiger partial charge in [-0.3, -0.25) is 4.79 Å². The molecule has 1 atom stereocenters. The Morgan fingerprint density at radius 1 is 1.24 bits per heavy atom. The van der Waals surface area contributed by atoms with E-state index in [1.807, 2.05) is 50.2 Å². The molecular weight excluding hydrogens is 264 g/mol. The van der Waals surface area contributed by atoms with Crippen LogP contribution in [0.1, 0.15) is 34.5 Å². The highest BCUT2D eigenvalue weighted by molar-refractivity contribution is 6.06. The Labute approximate surface area is 124 Å². The van der Waals surface area contributed by atoms with E-state index in [0.29, 0.717) is 11.3 Å². The highest BCUT2D eigenvalue weighted by Crippen LogP contribution is 2.24. The van der Waals surface area contributed by atoms with Gasteiger partial charge < -0.3 is 15.8 Å². The second-order valence-corrected chi connectivity index (χ2v) is 5.03. The SMILES string of the molecule is COc1ccc(C)cc1C(=O)Nc1ccccc1C(C)N. The van der Waals surface area contributed by atoms with Crippen LogP contribution in [-0.2, 0) is 0 Å². The van der Waals surface area contributed by atoms with Crippen molar-refractivity contribution in [3.8, 4) is 5.75 Å². The quantitative estimate of drug-likeness (QED) is 0.905. The molecule has 0 aliphatic heterocycles. The molecular formula is C17H20N2O2. The maximum Gasteiger partial charge on any atom is 0.259 e. The van der Waals surface area contributed by atoms with Crippen molar-refractivity contribution in [1.82, 2.24) is 0 Å². The zero-order valence-electron chi connectivity index (χ0n) is 12.5. The van der Waals surface area contributed by atoms with Crippen LogP contribution >= 0.6 is 0 Å². The number of para-hydroxylation sites is 1. The summed E-state index contributed by atoms with van der Waals surface area (Å²) < 4.78 is 5.25. The first-order chi connectivity index (χ1) is 10.0. The molecule has 2 rings (SSSR count). The molecule has 110 valence electrons. The van der Waals surface area contributed by atoms with E-state index in [1.54, 1.807) is 13.2 Å². The van der Waals surface area contributed by atoms with Gasteiger partial charge in [0.05, 0.1) is 12.7 Å². The molecule has 0 aromatic heterocycles. The number of methoxy groups -OCH3 is 1. The molecule has 0 fully saturated rings. The first-order valence-corrected chi connectivity index (χ1v) is 6.83. The summed E-state index contributed by atoms with van der Waals surface area (Å²) in [6.07, 6.45) is 0.